The van der Waals surface area contributed by atoms with Crippen LogP contribution in [0.2, 0.25) is 0 Å². The Morgan fingerprint density at radius 2 is 1.65 bits per heavy atom. The standard InChI is InChI=1S/C20H27NO2/c1-21(13-14-5-3-2-4-6-14)18(19(22)23)20-10-15-7-16(11-20)9-17(8-15)12-20/h2-6,15-18H,7-13H2,1H3,(H,22,23). The van der Waals surface area contributed by atoms with E-state index in [0.29, 0.717) is 0 Å². The molecule has 4 saturated carbocycles. The number of carboxylic acid groups (broad SMARTS) is 1. The first-order valence-electron chi connectivity index (χ1n) is 9.03. The SMILES string of the molecule is CN(Cc1ccccc1)C(C(=O)O)C12CC3CC(CC(C3)C1)C2. The number of aliphatic carboxylic acids is 1. The Bertz CT molecular complexity index is 547. The molecule has 1 aromatic rings. The zero-order valence-corrected chi connectivity index (χ0v) is 13.9. The second-order valence-electron chi connectivity index (χ2n) is 8.42. The summed E-state index contributed by atoms with van der Waals surface area (Å²) in [7, 11) is 2.00. The van der Waals surface area contributed by atoms with Gasteiger partial charge in [0, 0.05) is 6.54 Å². The van der Waals surface area contributed by atoms with Gasteiger partial charge in [0.1, 0.15) is 6.04 Å². The minimum Gasteiger partial charge on any atom is -0.480 e. The predicted molar refractivity (Wildman–Crippen MR) is 89.9 cm³/mol. The van der Waals surface area contributed by atoms with Gasteiger partial charge in [0.05, 0.1) is 0 Å². The molecule has 0 heterocycles. The number of rotatable bonds is 5. The monoisotopic (exact) mass is 313 g/mol. The molecule has 0 aromatic heterocycles. The molecule has 4 bridgehead atoms. The first kappa shape index (κ1) is 15.2. The fourth-order valence-electron chi connectivity index (χ4n) is 6.39. The van der Waals surface area contributed by atoms with Crippen LogP contribution < -0.4 is 0 Å². The molecule has 4 aliphatic carbocycles. The number of hydrogen-bond donors (Lipinski definition) is 1. The normalized spacial score (nSPS) is 36.3. The zero-order chi connectivity index (χ0) is 16.0. The predicted octanol–water partition coefficient (Wildman–Crippen LogP) is 3.79. The number of benzene rings is 1. The van der Waals surface area contributed by atoms with E-state index in [-0.39, 0.29) is 11.5 Å². The van der Waals surface area contributed by atoms with Crippen LogP contribution in [-0.4, -0.2) is 29.1 Å². The maximum atomic E-state index is 12.2. The molecule has 124 valence electrons. The topological polar surface area (TPSA) is 40.5 Å². The third-order valence-electron chi connectivity index (χ3n) is 6.62. The first-order valence-corrected chi connectivity index (χ1v) is 9.03. The van der Waals surface area contributed by atoms with E-state index in [4.69, 9.17) is 0 Å². The Labute approximate surface area is 138 Å². The van der Waals surface area contributed by atoms with Crippen molar-refractivity contribution in [2.24, 2.45) is 23.2 Å². The van der Waals surface area contributed by atoms with Gasteiger partial charge in [-0.3, -0.25) is 9.69 Å². The third-order valence-corrected chi connectivity index (χ3v) is 6.62. The van der Waals surface area contributed by atoms with Crippen molar-refractivity contribution in [2.75, 3.05) is 7.05 Å². The lowest BCUT2D eigenvalue weighted by atomic mass is 9.47. The molecule has 1 unspecified atom stereocenters. The largest absolute Gasteiger partial charge is 0.480 e. The maximum absolute atomic E-state index is 12.2. The molecular formula is C20H27NO2. The Balaban J connectivity index is 1.59. The fraction of sp³-hybridized carbons (Fsp3) is 0.650. The van der Waals surface area contributed by atoms with Crippen LogP contribution in [0, 0.1) is 23.2 Å². The Morgan fingerprint density at radius 3 is 2.13 bits per heavy atom. The van der Waals surface area contributed by atoms with Crippen molar-refractivity contribution in [3.8, 4) is 0 Å². The number of carbonyl (C=O) groups is 1. The van der Waals surface area contributed by atoms with Crippen molar-refractivity contribution in [1.29, 1.82) is 0 Å². The van der Waals surface area contributed by atoms with Gasteiger partial charge in [-0.05, 0) is 74.3 Å². The Hall–Kier alpha value is -1.35. The highest BCUT2D eigenvalue weighted by Crippen LogP contribution is 2.62. The molecule has 1 atom stereocenters. The molecule has 0 aliphatic heterocycles. The molecule has 23 heavy (non-hydrogen) atoms. The lowest BCUT2D eigenvalue weighted by Gasteiger charge is -2.59. The molecule has 0 radical (unpaired) electrons. The first-order chi connectivity index (χ1) is 11.1. The van der Waals surface area contributed by atoms with Gasteiger partial charge in [-0.25, -0.2) is 0 Å². The van der Waals surface area contributed by atoms with Gasteiger partial charge in [0.25, 0.3) is 0 Å². The molecular weight excluding hydrogens is 286 g/mol. The number of likely N-dealkylation sites (N-methyl/N-ethyl adjacent to an activating group) is 1. The van der Waals surface area contributed by atoms with Gasteiger partial charge in [0.15, 0.2) is 0 Å². The Kier molecular flexibility index (Phi) is 3.72. The van der Waals surface area contributed by atoms with Crippen molar-refractivity contribution in [2.45, 2.75) is 51.1 Å². The molecule has 0 spiro atoms. The van der Waals surface area contributed by atoms with E-state index < -0.39 is 5.97 Å². The summed E-state index contributed by atoms with van der Waals surface area (Å²) < 4.78 is 0. The summed E-state index contributed by atoms with van der Waals surface area (Å²) in [6, 6.07) is 9.92. The molecule has 1 aromatic carbocycles. The van der Waals surface area contributed by atoms with Gasteiger partial charge in [0.2, 0.25) is 0 Å². The van der Waals surface area contributed by atoms with Crippen molar-refractivity contribution < 1.29 is 9.90 Å². The van der Waals surface area contributed by atoms with Crippen molar-refractivity contribution in [3.63, 3.8) is 0 Å². The lowest BCUT2D eigenvalue weighted by Crippen LogP contribution is -2.58. The van der Waals surface area contributed by atoms with Crippen LogP contribution in [0.3, 0.4) is 0 Å². The van der Waals surface area contributed by atoms with Crippen molar-refractivity contribution in [1.82, 2.24) is 4.90 Å². The van der Waals surface area contributed by atoms with Crippen LogP contribution in [0.25, 0.3) is 0 Å². The molecule has 3 heteroatoms. The van der Waals surface area contributed by atoms with Crippen LogP contribution in [0.1, 0.15) is 44.1 Å². The van der Waals surface area contributed by atoms with E-state index in [1.807, 2.05) is 25.2 Å². The van der Waals surface area contributed by atoms with E-state index in [0.717, 1.165) is 43.6 Å². The molecule has 0 amide bonds. The highest BCUT2D eigenvalue weighted by molar-refractivity contribution is 5.75. The van der Waals surface area contributed by atoms with Crippen LogP contribution >= 0.6 is 0 Å². The maximum Gasteiger partial charge on any atom is 0.321 e. The van der Waals surface area contributed by atoms with Crippen LogP contribution in [0.5, 0.6) is 0 Å². The van der Waals surface area contributed by atoms with E-state index in [2.05, 4.69) is 17.0 Å². The minimum absolute atomic E-state index is 0.0180. The zero-order valence-electron chi connectivity index (χ0n) is 13.9. The second kappa shape index (κ2) is 5.62. The van der Waals surface area contributed by atoms with Crippen LogP contribution in [-0.2, 0) is 11.3 Å². The average molecular weight is 313 g/mol. The van der Waals surface area contributed by atoms with Gasteiger partial charge in [-0.15, -0.1) is 0 Å². The van der Waals surface area contributed by atoms with Crippen molar-refractivity contribution in [3.05, 3.63) is 35.9 Å². The number of carboxylic acids is 1. The average Bonchev–Trinajstić information content (AvgIpc) is 2.45. The molecule has 4 fully saturated rings. The highest BCUT2D eigenvalue weighted by atomic mass is 16.4. The van der Waals surface area contributed by atoms with E-state index in [1.54, 1.807) is 0 Å². The summed E-state index contributed by atoms with van der Waals surface area (Å²) >= 11 is 0. The van der Waals surface area contributed by atoms with E-state index >= 15 is 0 Å². The smallest absolute Gasteiger partial charge is 0.321 e. The second-order valence-corrected chi connectivity index (χ2v) is 8.42. The molecule has 4 aliphatic rings. The highest BCUT2D eigenvalue weighted by Gasteiger charge is 2.57. The van der Waals surface area contributed by atoms with E-state index in [1.165, 1.54) is 24.8 Å². The summed E-state index contributed by atoms with van der Waals surface area (Å²) in [4.78, 5) is 14.3. The summed E-state index contributed by atoms with van der Waals surface area (Å²) in [5.74, 6) is 1.74. The molecule has 1 N–H and O–H groups in total. The molecule has 3 nitrogen and oxygen atoms in total. The summed E-state index contributed by atoms with van der Waals surface area (Å²) in [6.07, 6.45) is 7.47. The lowest BCUT2D eigenvalue weighted by molar-refractivity contribution is -0.160. The minimum atomic E-state index is -0.620. The van der Waals surface area contributed by atoms with Gasteiger partial charge >= 0.3 is 5.97 Å². The van der Waals surface area contributed by atoms with Gasteiger partial charge in [-0.2, -0.15) is 0 Å². The van der Waals surface area contributed by atoms with Crippen LogP contribution in [0.4, 0.5) is 0 Å². The molecule has 0 saturated heterocycles. The third kappa shape index (κ3) is 2.69. The summed E-state index contributed by atoms with van der Waals surface area (Å²) in [5, 5.41) is 10.0. The molecule has 5 rings (SSSR count). The summed E-state index contributed by atoms with van der Waals surface area (Å²) in [5.41, 5.74) is 1.22. The van der Waals surface area contributed by atoms with Gasteiger partial charge in [-0.1, -0.05) is 30.3 Å². The summed E-state index contributed by atoms with van der Waals surface area (Å²) in [6.45, 7) is 0.722. The quantitative estimate of drug-likeness (QED) is 0.899. The van der Waals surface area contributed by atoms with Gasteiger partial charge < -0.3 is 5.11 Å². The van der Waals surface area contributed by atoms with Crippen molar-refractivity contribution >= 4 is 5.97 Å². The van der Waals surface area contributed by atoms with Crippen LogP contribution in [0.15, 0.2) is 30.3 Å². The number of hydrogen-bond acceptors (Lipinski definition) is 2. The van der Waals surface area contributed by atoms with E-state index in [9.17, 15) is 9.90 Å². The number of nitrogens with zero attached hydrogens (tertiary/aromatic N) is 1. The fourth-order valence-corrected chi connectivity index (χ4v) is 6.39. The Morgan fingerprint density at radius 1 is 1.13 bits per heavy atom.